The number of hydrogen-bond acceptors (Lipinski definition) is 2. The monoisotopic (exact) mass is 458 g/mol. The van der Waals surface area contributed by atoms with E-state index < -0.39 is 6.04 Å². The first-order valence-electron chi connectivity index (χ1n) is 9.30. The fourth-order valence-corrected chi connectivity index (χ4v) is 4.15. The van der Waals surface area contributed by atoms with Crippen molar-refractivity contribution in [2.24, 2.45) is 0 Å². The van der Waals surface area contributed by atoms with Gasteiger partial charge in [-0.2, -0.15) is 0 Å². The molecule has 2 amide bonds. The molecule has 0 saturated heterocycles. The molecule has 0 bridgehead atoms. The highest BCUT2D eigenvalue weighted by Crippen LogP contribution is 2.38. The van der Waals surface area contributed by atoms with E-state index in [1.807, 2.05) is 24.3 Å². The van der Waals surface area contributed by atoms with Gasteiger partial charge in [-0.3, -0.25) is 14.5 Å². The maximum atomic E-state index is 13.3. The van der Waals surface area contributed by atoms with Crippen LogP contribution in [-0.2, 0) is 11.3 Å². The molecule has 0 fully saturated rings. The fourth-order valence-electron chi connectivity index (χ4n) is 3.56. The zero-order valence-corrected chi connectivity index (χ0v) is 18.2. The number of anilines is 2. The second kappa shape index (κ2) is 8.31. The summed E-state index contributed by atoms with van der Waals surface area (Å²) in [5.41, 5.74) is 2.54. The molecule has 1 heterocycles. The van der Waals surface area contributed by atoms with Crippen molar-refractivity contribution in [2.45, 2.75) is 19.5 Å². The van der Waals surface area contributed by atoms with Crippen LogP contribution in [0.2, 0.25) is 15.1 Å². The van der Waals surface area contributed by atoms with Crippen molar-refractivity contribution in [1.29, 1.82) is 0 Å². The highest BCUT2D eigenvalue weighted by atomic mass is 35.5. The summed E-state index contributed by atoms with van der Waals surface area (Å²) >= 11 is 18.3. The van der Waals surface area contributed by atoms with Gasteiger partial charge in [0, 0.05) is 20.6 Å². The van der Waals surface area contributed by atoms with Gasteiger partial charge < -0.3 is 4.90 Å². The van der Waals surface area contributed by atoms with Crippen LogP contribution in [0.1, 0.15) is 22.8 Å². The molecule has 7 heteroatoms. The average molecular weight is 460 g/mol. The number of hydrogen-bond donors (Lipinski definition) is 0. The van der Waals surface area contributed by atoms with Crippen molar-refractivity contribution < 1.29 is 9.59 Å². The Balaban J connectivity index is 1.75. The molecule has 1 atom stereocenters. The zero-order chi connectivity index (χ0) is 21.4. The number of fused-ring (bicyclic) bond motifs is 1. The Morgan fingerprint density at radius 3 is 2.20 bits per heavy atom. The summed E-state index contributed by atoms with van der Waals surface area (Å²) < 4.78 is 0. The van der Waals surface area contributed by atoms with E-state index in [9.17, 15) is 9.59 Å². The van der Waals surface area contributed by atoms with E-state index in [0.29, 0.717) is 32.0 Å². The van der Waals surface area contributed by atoms with Crippen LogP contribution in [0.3, 0.4) is 0 Å². The van der Waals surface area contributed by atoms with Crippen LogP contribution in [0.15, 0.2) is 66.7 Å². The van der Waals surface area contributed by atoms with Gasteiger partial charge in [0.2, 0.25) is 5.91 Å². The third-order valence-electron chi connectivity index (χ3n) is 5.10. The Hall–Kier alpha value is -2.53. The van der Waals surface area contributed by atoms with Gasteiger partial charge in [0.15, 0.2) is 0 Å². The molecule has 1 aliphatic heterocycles. The van der Waals surface area contributed by atoms with Crippen LogP contribution in [0.5, 0.6) is 0 Å². The molecule has 0 N–H and O–H groups in total. The quantitative estimate of drug-likeness (QED) is 0.466. The highest BCUT2D eigenvalue weighted by Gasteiger charge is 2.39. The van der Waals surface area contributed by atoms with E-state index in [-0.39, 0.29) is 18.4 Å². The molecule has 30 heavy (non-hydrogen) atoms. The largest absolute Gasteiger partial charge is 0.304 e. The van der Waals surface area contributed by atoms with Crippen LogP contribution in [-0.4, -0.2) is 17.9 Å². The molecule has 0 radical (unpaired) electrons. The van der Waals surface area contributed by atoms with Crippen molar-refractivity contribution in [3.8, 4) is 0 Å². The molecular weight excluding hydrogens is 443 g/mol. The smallest absolute Gasteiger partial charge is 0.259 e. The minimum atomic E-state index is -0.686. The first-order valence-corrected chi connectivity index (χ1v) is 10.4. The lowest BCUT2D eigenvalue weighted by atomic mass is 10.0. The molecule has 0 saturated carbocycles. The van der Waals surface area contributed by atoms with Crippen LogP contribution in [0.25, 0.3) is 0 Å². The van der Waals surface area contributed by atoms with Crippen LogP contribution in [0, 0.1) is 0 Å². The summed E-state index contributed by atoms with van der Waals surface area (Å²) in [6, 6.07) is 18.5. The topological polar surface area (TPSA) is 40.6 Å². The first-order chi connectivity index (χ1) is 14.4. The summed E-state index contributed by atoms with van der Waals surface area (Å²) in [6.45, 7) is 2.00. The van der Waals surface area contributed by atoms with Crippen molar-refractivity contribution in [2.75, 3.05) is 9.80 Å². The van der Waals surface area contributed by atoms with E-state index >= 15 is 0 Å². The van der Waals surface area contributed by atoms with Gasteiger partial charge in [-0.25, -0.2) is 0 Å². The number of carbonyl (C=O) groups excluding carboxylic acids is 2. The Labute approximate surface area is 189 Å². The number of amides is 2. The lowest BCUT2D eigenvalue weighted by Crippen LogP contribution is -2.54. The Kier molecular flexibility index (Phi) is 5.74. The molecule has 4 nitrogen and oxygen atoms in total. The SMILES string of the molecule is CC1C(=O)N(Cc2ccc(Cl)cc2Cl)c2ccccc2N1C(=O)c1ccc(Cl)cc1. The molecular formula is C23H17Cl3N2O2. The van der Waals surface area contributed by atoms with Gasteiger partial charge in [-0.15, -0.1) is 0 Å². The van der Waals surface area contributed by atoms with Gasteiger partial charge >= 0.3 is 0 Å². The van der Waals surface area contributed by atoms with Gasteiger partial charge in [-0.05, 0) is 61.0 Å². The fraction of sp³-hybridized carbons (Fsp3) is 0.130. The Morgan fingerprint density at radius 1 is 0.900 bits per heavy atom. The van der Waals surface area contributed by atoms with Crippen LogP contribution < -0.4 is 9.80 Å². The minimum Gasteiger partial charge on any atom is -0.304 e. The first kappa shape index (κ1) is 20.7. The van der Waals surface area contributed by atoms with E-state index in [4.69, 9.17) is 34.8 Å². The van der Waals surface area contributed by atoms with E-state index in [0.717, 1.165) is 5.56 Å². The molecule has 0 spiro atoms. The van der Waals surface area contributed by atoms with Gasteiger partial charge in [-0.1, -0.05) is 53.0 Å². The van der Waals surface area contributed by atoms with Gasteiger partial charge in [0.05, 0.1) is 17.9 Å². The standard InChI is InChI=1S/C23H17Cl3N2O2/c1-14-22(29)27(13-16-8-11-18(25)12-19(16)26)20-4-2-3-5-21(20)28(14)23(30)15-6-9-17(24)10-7-15/h2-12,14H,13H2,1H3. The molecule has 4 rings (SSSR count). The second-order valence-corrected chi connectivity index (χ2v) is 8.29. The van der Waals surface area contributed by atoms with Crippen molar-refractivity contribution in [3.63, 3.8) is 0 Å². The third-order valence-corrected chi connectivity index (χ3v) is 5.94. The molecule has 3 aromatic rings. The average Bonchev–Trinajstić information content (AvgIpc) is 2.73. The molecule has 0 aromatic heterocycles. The molecule has 1 aliphatic rings. The normalized spacial score (nSPS) is 15.9. The molecule has 1 unspecified atom stereocenters. The van der Waals surface area contributed by atoms with E-state index in [2.05, 4.69) is 0 Å². The Bertz CT molecular complexity index is 1130. The summed E-state index contributed by atoms with van der Waals surface area (Å²) in [7, 11) is 0. The van der Waals surface area contributed by atoms with E-state index in [1.54, 1.807) is 54.3 Å². The lowest BCUT2D eigenvalue weighted by molar-refractivity contribution is -0.119. The summed E-state index contributed by atoms with van der Waals surface area (Å²) in [5, 5.41) is 1.56. The van der Waals surface area contributed by atoms with Gasteiger partial charge in [0.1, 0.15) is 6.04 Å². The predicted octanol–water partition coefficient (Wildman–Crippen LogP) is 6.23. The maximum absolute atomic E-state index is 13.3. The van der Waals surface area contributed by atoms with Crippen LogP contribution in [0.4, 0.5) is 11.4 Å². The minimum absolute atomic E-state index is 0.193. The van der Waals surface area contributed by atoms with Crippen molar-refractivity contribution >= 4 is 58.0 Å². The molecule has 0 aliphatic carbocycles. The highest BCUT2D eigenvalue weighted by molar-refractivity contribution is 6.35. The summed E-state index contributed by atoms with van der Waals surface area (Å²) in [6.07, 6.45) is 0. The summed E-state index contributed by atoms with van der Waals surface area (Å²) in [4.78, 5) is 29.8. The van der Waals surface area contributed by atoms with Crippen molar-refractivity contribution in [3.05, 3.63) is 92.9 Å². The molecule has 3 aromatic carbocycles. The zero-order valence-electron chi connectivity index (χ0n) is 16.0. The van der Waals surface area contributed by atoms with E-state index in [1.165, 1.54) is 4.90 Å². The maximum Gasteiger partial charge on any atom is 0.259 e. The Morgan fingerprint density at radius 2 is 1.53 bits per heavy atom. The predicted molar refractivity (Wildman–Crippen MR) is 122 cm³/mol. The number of para-hydroxylation sites is 2. The number of carbonyl (C=O) groups is 2. The number of halogens is 3. The number of benzene rings is 3. The third kappa shape index (κ3) is 3.79. The lowest BCUT2D eigenvalue weighted by Gasteiger charge is -2.40. The number of nitrogens with zero attached hydrogens (tertiary/aromatic N) is 2. The van der Waals surface area contributed by atoms with Gasteiger partial charge in [0.25, 0.3) is 5.91 Å². The second-order valence-electron chi connectivity index (χ2n) is 7.01. The van der Waals surface area contributed by atoms with Crippen LogP contribution >= 0.6 is 34.8 Å². The number of rotatable bonds is 3. The summed E-state index contributed by atoms with van der Waals surface area (Å²) in [5.74, 6) is -0.453. The van der Waals surface area contributed by atoms with Crippen molar-refractivity contribution in [1.82, 2.24) is 0 Å². The molecule has 152 valence electrons.